The van der Waals surface area contributed by atoms with Crippen molar-refractivity contribution in [1.82, 2.24) is 10.3 Å². The van der Waals surface area contributed by atoms with Crippen LogP contribution in [0.5, 0.6) is 0 Å². The van der Waals surface area contributed by atoms with E-state index in [-0.39, 0.29) is 6.04 Å². The van der Waals surface area contributed by atoms with Gasteiger partial charge in [0, 0.05) is 16.8 Å². The maximum atomic E-state index is 4.60. The number of thioether (sulfide) groups is 1. The molecule has 1 aromatic rings. The molecule has 2 rings (SSSR count). The molecule has 16 heavy (non-hydrogen) atoms. The van der Waals surface area contributed by atoms with Crippen LogP contribution in [0.4, 0.5) is 0 Å². The van der Waals surface area contributed by atoms with Crippen molar-refractivity contribution < 1.29 is 0 Å². The molecule has 5 heteroatoms. The lowest BCUT2D eigenvalue weighted by atomic mass is 10.3. The summed E-state index contributed by atoms with van der Waals surface area (Å²) in [7, 11) is 0. The van der Waals surface area contributed by atoms with Gasteiger partial charge in [0.2, 0.25) is 0 Å². The van der Waals surface area contributed by atoms with Gasteiger partial charge in [-0.1, -0.05) is 11.8 Å². The molecule has 2 unspecified atom stereocenters. The third-order valence-electron chi connectivity index (χ3n) is 2.46. The van der Waals surface area contributed by atoms with E-state index in [9.17, 15) is 0 Å². The van der Waals surface area contributed by atoms with Crippen molar-refractivity contribution in [3.05, 3.63) is 16.1 Å². The molecule has 0 spiro atoms. The molecular weight excluding hydrogens is 238 g/mol. The number of rotatable bonds is 2. The Balaban J connectivity index is 1.99. The fraction of sp³-hybridized carbons (Fsp3) is 0.636. The molecule has 1 aliphatic rings. The molecule has 0 aliphatic carbocycles. The third-order valence-corrected chi connectivity index (χ3v) is 4.49. The molecule has 1 aromatic heterocycles. The first-order chi connectivity index (χ1) is 7.65. The Morgan fingerprint density at radius 1 is 1.56 bits per heavy atom. The Kier molecular flexibility index (Phi) is 3.86. The van der Waals surface area contributed by atoms with Gasteiger partial charge in [-0.3, -0.25) is 4.99 Å². The van der Waals surface area contributed by atoms with Gasteiger partial charge in [-0.25, -0.2) is 4.98 Å². The number of aliphatic imine (C=N–C) groups is 1. The largest absolute Gasteiger partial charge is 0.356 e. The molecule has 2 atom stereocenters. The van der Waals surface area contributed by atoms with Gasteiger partial charge in [-0.2, -0.15) is 0 Å². The summed E-state index contributed by atoms with van der Waals surface area (Å²) in [4.78, 5) is 10.3. The van der Waals surface area contributed by atoms with Crippen molar-refractivity contribution in [2.24, 2.45) is 4.99 Å². The maximum absolute atomic E-state index is 4.60. The topological polar surface area (TPSA) is 37.3 Å². The number of hydrogen-bond acceptors (Lipinski definition) is 5. The maximum Gasteiger partial charge on any atom is 0.157 e. The standard InChI is InChI=1S/C11H17N3S2/c1-7-4-5-15-11(13-7)14-9(3)10-12-6-8(2)16-10/h6-7,9H,4-5H2,1-3H3,(H,13,14). The average molecular weight is 255 g/mol. The van der Waals surface area contributed by atoms with Crippen LogP contribution in [0.2, 0.25) is 0 Å². The zero-order valence-corrected chi connectivity index (χ0v) is 11.5. The highest BCUT2D eigenvalue weighted by molar-refractivity contribution is 8.13. The minimum absolute atomic E-state index is 0.259. The first kappa shape index (κ1) is 11.9. The SMILES string of the molecule is Cc1cnc(C(C)NC2=NC(C)CCS2)s1. The second-order valence-electron chi connectivity index (χ2n) is 4.10. The highest BCUT2D eigenvalue weighted by Crippen LogP contribution is 2.22. The van der Waals surface area contributed by atoms with Crippen LogP contribution in [-0.2, 0) is 0 Å². The van der Waals surface area contributed by atoms with Crippen LogP contribution in [0.1, 0.15) is 36.2 Å². The zero-order chi connectivity index (χ0) is 11.5. The second kappa shape index (κ2) is 5.19. The Hall–Kier alpha value is -0.550. The van der Waals surface area contributed by atoms with E-state index in [1.165, 1.54) is 11.3 Å². The molecule has 2 heterocycles. The third kappa shape index (κ3) is 2.98. The van der Waals surface area contributed by atoms with Crippen LogP contribution in [0, 0.1) is 6.92 Å². The molecule has 0 saturated heterocycles. The van der Waals surface area contributed by atoms with Gasteiger partial charge in [0.05, 0.1) is 12.1 Å². The molecule has 88 valence electrons. The lowest BCUT2D eigenvalue weighted by molar-refractivity contribution is 0.680. The number of thiazole rings is 1. The number of hydrogen-bond donors (Lipinski definition) is 1. The van der Waals surface area contributed by atoms with Crippen molar-refractivity contribution in [3.63, 3.8) is 0 Å². The van der Waals surface area contributed by atoms with Gasteiger partial charge in [-0.15, -0.1) is 11.3 Å². The molecule has 1 aliphatic heterocycles. The highest BCUT2D eigenvalue weighted by Gasteiger charge is 2.15. The summed E-state index contributed by atoms with van der Waals surface area (Å²) >= 11 is 3.56. The summed E-state index contributed by atoms with van der Waals surface area (Å²) in [6.45, 7) is 6.39. The summed E-state index contributed by atoms with van der Waals surface area (Å²) < 4.78 is 0. The van der Waals surface area contributed by atoms with Crippen molar-refractivity contribution in [2.45, 2.75) is 39.3 Å². The van der Waals surface area contributed by atoms with Gasteiger partial charge in [0.25, 0.3) is 0 Å². The molecule has 0 amide bonds. The molecule has 0 fully saturated rings. The van der Waals surface area contributed by atoms with Crippen LogP contribution in [0.15, 0.2) is 11.2 Å². The number of nitrogens with one attached hydrogen (secondary N) is 1. The molecule has 1 N–H and O–H groups in total. The Bertz CT molecular complexity index is 386. The quantitative estimate of drug-likeness (QED) is 0.882. The number of nitrogens with zero attached hydrogens (tertiary/aromatic N) is 2. The van der Waals surface area contributed by atoms with Crippen LogP contribution >= 0.6 is 23.1 Å². The Morgan fingerprint density at radius 3 is 3.00 bits per heavy atom. The van der Waals surface area contributed by atoms with Gasteiger partial charge in [-0.05, 0) is 27.2 Å². The molecule has 0 radical (unpaired) electrons. The van der Waals surface area contributed by atoms with Gasteiger partial charge < -0.3 is 5.32 Å². The minimum Gasteiger partial charge on any atom is -0.356 e. The van der Waals surface area contributed by atoms with E-state index in [1.54, 1.807) is 11.3 Å². The van der Waals surface area contributed by atoms with E-state index in [1.807, 2.05) is 18.0 Å². The van der Waals surface area contributed by atoms with Crippen molar-refractivity contribution in [2.75, 3.05) is 5.75 Å². The van der Waals surface area contributed by atoms with Crippen molar-refractivity contribution in [1.29, 1.82) is 0 Å². The van der Waals surface area contributed by atoms with Gasteiger partial charge in [0.1, 0.15) is 5.01 Å². The van der Waals surface area contributed by atoms with E-state index in [0.29, 0.717) is 6.04 Å². The summed E-state index contributed by atoms with van der Waals surface area (Å²) in [5.74, 6) is 1.16. The monoisotopic (exact) mass is 255 g/mol. The van der Waals surface area contributed by atoms with E-state index >= 15 is 0 Å². The summed E-state index contributed by atoms with van der Waals surface area (Å²) in [6, 6.07) is 0.712. The zero-order valence-electron chi connectivity index (χ0n) is 9.86. The van der Waals surface area contributed by atoms with Crippen LogP contribution < -0.4 is 5.32 Å². The van der Waals surface area contributed by atoms with Crippen LogP contribution in [0.3, 0.4) is 0 Å². The highest BCUT2D eigenvalue weighted by atomic mass is 32.2. The lowest BCUT2D eigenvalue weighted by Crippen LogP contribution is -2.28. The van der Waals surface area contributed by atoms with Crippen LogP contribution in [0.25, 0.3) is 0 Å². The van der Waals surface area contributed by atoms with Gasteiger partial charge >= 0.3 is 0 Å². The Labute approximate surface area is 105 Å². The number of aryl methyl sites for hydroxylation is 1. The van der Waals surface area contributed by atoms with E-state index in [2.05, 4.69) is 36.1 Å². The smallest absolute Gasteiger partial charge is 0.157 e. The first-order valence-electron chi connectivity index (χ1n) is 5.54. The fourth-order valence-corrected chi connectivity index (χ4v) is 3.47. The molecule has 0 bridgehead atoms. The predicted molar refractivity (Wildman–Crippen MR) is 72.4 cm³/mol. The Morgan fingerprint density at radius 2 is 2.38 bits per heavy atom. The molecule has 0 saturated carbocycles. The number of amidine groups is 1. The van der Waals surface area contributed by atoms with Gasteiger partial charge in [0.15, 0.2) is 5.17 Å². The molecule has 3 nitrogen and oxygen atoms in total. The average Bonchev–Trinajstić information content (AvgIpc) is 2.65. The second-order valence-corrected chi connectivity index (χ2v) is 6.45. The minimum atomic E-state index is 0.259. The number of aromatic nitrogens is 1. The summed E-state index contributed by atoms with van der Waals surface area (Å²) in [5, 5.41) is 5.65. The fourth-order valence-electron chi connectivity index (χ4n) is 1.53. The molecular formula is C11H17N3S2. The van der Waals surface area contributed by atoms with E-state index < -0.39 is 0 Å². The lowest BCUT2D eigenvalue weighted by Gasteiger charge is -2.20. The molecule has 0 aromatic carbocycles. The normalized spacial score (nSPS) is 22.7. The van der Waals surface area contributed by atoms with E-state index in [0.717, 1.165) is 15.9 Å². The summed E-state index contributed by atoms with van der Waals surface area (Å²) in [6.07, 6.45) is 3.11. The predicted octanol–water partition coefficient (Wildman–Crippen LogP) is 2.98. The van der Waals surface area contributed by atoms with Crippen LogP contribution in [-0.4, -0.2) is 21.9 Å². The van der Waals surface area contributed by atoms with Crippen molar-refractivity contribution >= 4 is 28.3 Å². The van der Waals surface area contributed by atoms with Crippen molar-refractivity contribution in [3.8, 4) is 0 Å². The summed E-state index contributed by atoms with van der Waals surface area (Å²) in [5.41, 5.74) is 0. The van der Waals surface area contributed by atoms with E-state index in [4.69, 9.17) is 0 Å². The first-order valence-corrected chi connectivity index (χ1v) is 7.35.